The lowest BCUT2D eigenvalue weighted by molar-refractivity contribution is -0.384. The molecule has 0 radical (unpaired) electrons. The Morgan fingerprint density at radius 2 is 1.96 bits per heavy atom. The Morgan fingerprint density at radius 3 is 2.56 bits per heavy atom. The van der Waals surface area contributed by atoms with Gasteiger partial charge in [-0.1, -0.05) is 5.16 Å². The Bertz CT molecular complexity index is 708. The summed E-state index contributed by atoms with van der Waals surface area (Å²) in [7, 11) is 2.04. The Kier molecular flexibility index (Phi) is 5.40. The van der Waals surface area contributed by atoms with Crippen molar-refractivity contribution in [1.82, 2.24) is 15.0 Å². The summed E-state index contributed by atoms with van der Waals surface area (Å²) in [4.78, 5) is 16.9. The lowest BCUT2D eigenvalue weighted by Crippen LogP contribution is -2.35. The van der Waals surface area contributed by atoms with E-state index in [1.807, 2.05) is 7.05 Å². The summed E-state index contributed by atoms with van der Waals surface area (Å²) in [5.41, 5.74) is 0.720. The summed E-state index contributed by atoms with van der Waals surface area (Å²) in [6, 6.07) is 6.55. The molecular weight excluding hydrogens is 324 g/mol. The highest BCUT2D eigenvalue weighted by molar-refractivity contribution is 5.56. The average Bonchev–Trinajstić information content (AvgIpc) is 3.10. The SMILES string of the molecule is CN(Cc1nc(-c2ccc([N+](=O)[O-])cc2)no1)C1CCC(CO)CC1. The van der Waals surface area contributed by atoms with Gasteiger partial charge in [0.2, 0.25) is 11.7 Å². The molecule has 2 aromatic rings. The van der Waals surface area contributed by atoms with Crippen molar-refractivity contribution in [2.24, 2.45) is 5.92 Å². The molecule has 0 bridgehead atoms. The molecule has 1 aliphatic carbocycles. The minimum Gasteiger partial charge on any atom is -0.396 e. The molecule has 1 aromatic heterocycles. The molecular formula is C17H22N4O4. The van der Waals surface area contributed by atoms with E-state index in [0.29, 0.717) is 35.8 Å². The first-order chi connectivity index (χ1) is 12.1. The van der Waals surface area contributed by atoms with Gasteiger partial charge >= 0.3 is 0 Å². The quantitative estimate of drug-likeness (QED) is 0.633. The second-order valence-electron chi connectivity index (χ2n) is 6.59. The molecule has 3 rings (SSSR count). The maximum Gasteiger partial charge on any atom is 0.269 e. The molecule has 25 heavy (non-hydrogen) atoms. The third kappa shape index (κ3) is 4.21. The monoisotopic (exact) mass is 346 g/mol. The van der Waals surface area contributed by atoms with E-state index in [1.165, 1.54) is 12.1 Å². The van der Waals surface area contributed by atoms with Crippen molar-refractivity contribution in [2.45, 2.75) is 38.3 Å². The number of hydrogen-bond donors (Lipinski definition) is 1. The number of hydrogen-bond acceptors (Lipinski definition) is 7. The molecule has 1 fully saturated rings. The van der Waals surface area contributed by atoms with Gasteiger partial charge in [0.15, 0.2) is 0 Å². The van der Waals surface area contributed by atoms with Gasteiger partial charge in [0.05, 0.1) is 11.5 Å². The zero-order valence-electron chi connectivity index (χ0n) is 14.2. The third-order valence-electron chi connectivity index (χ3n) is 4.89. The van der Waals surface area contributed by atoms with Crippen LogP contribution in [0, 0.1) is 16.0 Å². The molecule has 1 aromatic carbocycles. The van der Waals surface area contributed by atoms with Crippen LogP contribution in [-0.4, -0.2) is 44.8 Å². The van der Waals surface area contributed by atoms with Crippen molar-refractivity contribution in [2.75, 3.05) is 13.7 Å². The van der Waals surface area contributed by atoms with Crippen molar-refractivity contribution in [3.63, 3.8) is 0 Å². The van der Waals surface area contributed by atoms with E-state index in [9.17, 15) is 15.2 Å². The molecule has 8 heteroatoms. The number of non-ortho nitro benzene ring substituents is 1. The van der Waals surface area contributed by atoms with E-state index in [2.05, 4.69) is 15.0 Å². The van der Waals surface area contributed by atoms with Crippen LogP contribution in [0.15, 0.2) is 28.8 Å². The molecule has 134 valence electrons. The maximum atomic E-state index is 10.7. The first kappa shape index (κ1) is 17.5. The van der Waals surface area contributed by atoms with E-state index in [0.717, 1.165) is 25.7 Å². The molecule has 1 saturated carbocycles. The number of aromatic nitrogens is 2. The van der Waals surface area contributed by atoms with E-state index in [-0.39, 0.29) is 12.3 Å². The van der Waals surface area contributed by atoms with Crippen molar-refractivity contribution in [3.05, 3.63) is 40.3 Å². The van der Waals surface area contributed by atoms with Gasteiger partial charge in [-0.05, 0) is 50.8 Å². The first-order valence-corrected chi connectivity index (χ1v) is 8.45. The zero-order valence-corrected chi connectivity index (χ0v) is 14.2. The maximum absolute atomic E-state index is 10.7. The highest BCUT2D eigenvalue weighted by atomic mass is 16.6. The van der Waals surface area contributed by atoms with Crippen molar-refractivity contribution in [1.29, 1.82) is 0 Å². The fourth-order valence-corrected chi connectivity index (χ4v) is 3.28. The molecule has 0 saturated heterocycles. The second kappa shape index (κ2) is 7.71. The number of aliphatic hydroxyl groups excluding tert-OH is 1. The van der Waals surface area contributed by atoms with Crippen LogP contribution in [0.1, 0.15) is 31.6 Å². The molecule has 0 atom stereocenters. The van der Waals surface area contributed by atoms with Crippen LogP contribution >= 0.6 is 0 Å². The zero-order chi connectivity index (χ0) is 17.8. The number of aliphatic hydroxyl groups is 1. The van der Waals surface area contributed by atoms with E-state index >= 15 is 0 Å². The molecule has 0 aliphatic heterocycles. The summed E-state index contributed by atoms with van der Waals surface area (Å²) < 4.78 is 5.32. The first-order valence-electron chi connectivity index (χ1n) is 8.45. The summed E-state index contributed by atoms with van der Waals surface area (Å²) in [6.45, 7) is 0.840. The van der Waals surface area contributed by atoms with Crippen LogP contribution in [0.3, 0.4) is 0 Å². The highest BCUT2D eigenvalue weighted by Gasteiger charge is 2.24. The summed E-state index contributed by atoms with van der Waals surface area (Å²) in [6.07, 6.45) is 4.21. The summed E-state index contributed by atoms with van der Waals surface area (Å²) in [5, 5.41) is 23.9. The van der Waals surface area contributed by atoms with Gasteiger partial charge in [-0.15, -0.1) is 0 Å². The van der Waals surface area contributed by atoms with Crippen LogP contribution in [0.5, 0.6) is 0 Å². The topological polar surface area (TPSA) is 106 Å². The van der Waals surface area contributed by atoms with E-state index in [1.54, 1.807) is 12.1 Å². The fourth-order valence-electron chi connectivity index (χ4n) is 3.28. The van der Waals surface area contributed by atoms with Crippen LogP contribution in [0.4, 0.5) is 5.69 Å². The average molecular weight is 346 g/mol. The molecule has 8 nitrogen and oxygen atoms in total. The fraction of sp³-hybridized carbons (Fsp3) is 0.529. The van der Waals surface area contributed by atoms with Crippen LogP contribution < -0.4 is 0 Å². The Balaban J connectivity index is 1.60. The number of nitrogens with zero attached hydrogens (tertiary/aromatic N) is 4. The van der Waals surface area contributed by atoms with E-state index < -0.39 is 4.92 Å². The van der Waals surface area contributed by atoms with Crippen molar-refractivity contribution >= 4 is 5.69 Å². The minimum atomic E-state index is -0.439. The van der Waals surface area contributed by atoms with E-state index in [4.69, 9.17) is 4.52 Å². The highest BCUT2D eigenvalue weighted by Crippen LogP contribution is 2.27. The number of rotatable bonds is 6. The lowest BCUT2D eigenvalue weighted by atomic mass is 9.86. The molecule has 1 N–H and O–H groups in total. The number of nitro benzene ring substituents is 1. The molecule has 1 heterocycles. The Labute approximate surface area is 145 Å². The van der Waals surface area contributed by atoms with Crippen LogP contribution in [0.25, 0.3) is 11.4 Å². The minimum absolute atomic E-state index is 0.0330. The smallest absolute Gasteiger partial charge is 0.269 e. The van der Waals surface area contributed by atoms with Gasteiger partial charge in [-0.25, -0.2) is 0 Å². The van der Waals surface area contributed by atoms with Crippen LogP contribution in [-0.2, 0) is 6.54 Å². The van der Waals surface area contributed by atoms with Gasteiger partial charge < -0.3 is 9.63 Å². The predicted molar refractivity (Wildman–Crippen MR) is 90.7 cm³/mol. The number of benzene rings is 1. The second-order valence-corrected chi connectivity index (χ2v) is 6.59. The Hall–Kier alpha value is -2.32. The van der Waals surface area contributed by atoms with Gasteiger partial charge in [0.25, 0.3) is 5.69 Å². The normalized spacial score (nSPS) is 20.8. The van der Waals surface area contributed by atoms with Crippen LogP contribution in [0.2, 0.25) is 0 Å². The van der Waals surface area contributed by atoms with Gasteiger partial charge in [-0.2, -0.15) is 4.98 Å². The van der Waals surface area contributed by atoms with Crippen molar-refractivity contribution < 1.29 is 14.6 Å². The Morgan fingerprint density at radius 1 is 1.28 bits per heavy atom. The summed E-state index contributed by atoms with van der Waals surface area (Å²) >= 11 is 0. The standard InChI is InChI=1S/C17H22N4O4/c1-20(14-6-2-12(11-22)3-7-14)10-16-18-17(19-25-16)13-4-8-15(9-5-13)21(23)24/h4-5,8-9,12,14,22H,2-3,6-7,10-11H2,1H3. The summed E-state index contributed by atoms with van der Waals surface area (Å²) in [5.74, 6) is 1.39. The molecule has 0 amide bonds. The molecule has 1 aliphatic rings. The lowest BCUT2D eigenvalue weighted by Gasteiger charge is -2.33. The molecule has 0 spiro atoms. The largest absolute Gasteiger partial charge is 0.396 e. The third-order valence-corrected chi connectivity index (χ3v) is 4.89. The van der Waals surface area contributed by atoms with Crippen molar-refractivity contribution in [3.8, 4) is 11.4 Å². The van der Waals surface area contributed by atoms with Gasteiger partial charge in [0, 0.05) is 30.3 Å². The number of nitro groups is 1. The molecule has 0 unspecified atom stereocenters. The van der Waals surface area contributed by atoms with Gasteiger partial charge in [-0.3, -0.25) is 15.0 Å². The van der Waals surface area contributed by atoms with Gasteiger partial charge in [0.1, 0.15) is 0 Å². The predicted octanol–water partition coefficient (Wildman–Crippen LogP) is 2.63.